The van der Waals surface area contributed by atoms with E-state index in [1.165, 1.54) is 17.7 Å². The van der Waals surface area contributed by atoms with Crippen LogP contribution in [0.5, 0.6) is 5.75 Å². The Balaban J connectivity index is 1.59. The van der Waals surface area contributed by atoms with E-state index in [1.807, 2.05) is 24.3 Å². The molecule has 0 radical (unpaired) electrons. The monoisotopic (exact) mass is 399 g/mol. The molecule has 0 aliphatic carbocycles. The Bertz CT molecular complexity index is 785. The minimum absolute atomic E-state index is 0.000895. The van der Waals surface area contributed by atoms with E-state index < -0.39 is 0 Å². The van der Waals surface area contributed by atoms with Crippen molar-refractivity contribution in [3.05, 3.63) is 65.5 Å². The highest BCUT2D eigenvalue weighted by Crippen LogP contribution is 2.35. The van der Waals surface area contributed by atoms with Crippen molar-refractivity contribution in [2.45, 2.75) is 24.7 Å². The summed E-state index contributed by atoms with van der Waals surface area (Å²) >= 11 is 0. The van der Waals surface area contributed by atoms with Crippen LogP contribution in [0.1, 0.15) is 24.0 Å². The van der Waals surface area contributed by atoms with Gasteiger partial charge in [-0.25, -0.2) is 4.39 Å². The van der Waals surface area contributed by atoms with E-state index in [1.54, 1.807) is 14.2 Å². The van der Waals surface area contributed by atoms with Crippen molar-refractivity contribution in [3.8, 4) is 5.75 Å². The average molecular weight is 400 g/mol. The van der Waals surface area contributed by atoms with Crippen molar-refractivity contribution in [2.24, 2.45) is 4.99 Å². The molecule has 1 aliphatic rings. The summed E-state index contributed by atoms with van der Waals surface area (Å²) in [6, 6.07) is 14.9. The first-order valence-corrected chi connectivity index (χ1v) is 10.1. The molecule has 156 valence electrons. The highest BCUT2D eigenvalue weighted by atomic mass is 19.1. The van der Waals surface area contributed by atoms with Crippen molar-refractivity contribution in [1.29, 1.82) is 0 Å². The number of nitrogens with one attached hydrogen (secondary N) is 2. The highest BCUT2D eigenvalue weighted by Gasteiger charge is 2.34. The number of ether oxygens (including phenoxy) is 2. The third-order valence-corrected chi connectivity index (χ3v) is 5.59. The molecule has 3 rings (SSSR count). The third kappa shape index (κ3) is 5.70. The Morgan fingerprint density at radius 2 is 1.76 bits per heavy atom. The Morgan fingerprint density at radius 3 is 2.38 bits per heavy atom. The van der Waals surface area contributed by atoms with Gasteiger partial charge in [0.25, 0.3) is 0 Å². The van der Waals surface area contributed by atoms with Crippen molar-refractivity contribution >= 4 is 5.96 Å². The van der Waals surface area contributed by atoms with Gasteiger partial charge in [-0.05, 0) is 54.7 Å². The average Bonchev–Trinajstić information content (AvgIpc) is 2.78. The molecule has 1 aliphatic heterocycles. The molecular formula is C23H30FN3O2. The predicted molar refractivity (Wildman–Crippen MR) is 114 cm³/mol. The number of hydrogen-bond acceptors (Lipinski definition) is 3. The number of methoxy groups -OCH3 is 1. The van der Waals surface area contributed by atoms with E-state index in [4.69, 9.17) is 9.47 Å². The van der Waals surface area contributed by atoms with Gasteiger partial charge in [-0.1, -0.05) is 24.3 Å². The fourth-order valence-electron chi connectivity index (χ4n) is 3.72. The van der Waals surface area contributed by atoms with Gasteiger partial charge in [0.2, 0.25) is 0 Å². The van der Waals surface area contributed by atoms with Gasteiger partial charge in [0.05, 0.1) is 7.11 Å². The second-order valence-corrected chi connectivity index (χ2v) is 7.35. The van der Waals surface area contributed by atoms with Crippen LogP contribution in [0.15, 0.2) is 53.5 Å². The summed E-state index contributed by atoms with van der Waals surface area (Å²) in [6.45, 7) is 3.01. The van der Waals surface area contributed by atoms with Crippen LogP contribution < -0.4 is 15.4 Å². The smallest absolute Gasteiger partial charge is 0.191 e. The number of hydrogen-bond donors (Lipinski definition) is 2. The standard InChI is InChI=1S/C23H30FN3O2/c1-25-22(26-14-11-18-3-7-20(24)8-4-18)27-17-23(12-15-29-16-13-23)19-5-9-21(28-2)10-6-19/h3-10H,11-17H2,1-2H3,(H2,25,26,27). The van der Waals surface area contributed by atoms with Crippen molar-refractivity contribution in [3.63, 3.8) is 0 Å². The van der Waals surface area contributed by atoms with Crippen LogP contribution in [0.2, 0.25) is 0 Å². The molecule has 0 spiro atoms. The fourth-order valence-corrected chi connectivity index (χ4v) is 3.72. The predicted octanol–water partition coefficient (Wildman–Crippen LogP) is 3.29. The van der Waals surface area contributed by atoms with Gasteiger partial charge < -0.3 is 20.1 Å². The Hall–Kier alpha value is -2.60. The fraction of sp³-hybridized carbons (Fsp3) is 0.435. The molecule has 2 N–H and O–H groups in total. The zero-order valence-corrected chi connectivity index (χ0v) is 17.2. The lowest BCUT2D eigenvalue weighted by Gasteiger charge is -2.38. The lowest BCUT2D eigenvalue weighted by Crippen LogP contribution is -2.48. The second kappa shape index (κ2) is 10.3. The summed E-state index contributed by atoms with van der Waals surface area (Å²) in [5.74, 6) is 1.42. The largest absolute Gasteiger partial charge is 0.497 e. The van der Waals surface area contributed by atoms with Gasteiger partial charge in [0.15, 0.2) is 5.96 Å². The number of rotatable bonds is 7. The summed E-state index contributed by atoms with van der Waals surface area (Å²) in [6.07, 6.45) is 2.72. The molecule has 2 aromatic rings. The molecule has 0 atom stereocenters. The van der Waals surface area contributed by atoms with E-state index in [-0.39, 0.29) is 11.2 Å². The molecule has 5 nitrogen and oxygen atoms in total. The number of halogens is 1. The zero-order chi connectivity index (χ0) is 20.5. The normalized spacial score (nSPS) is 16.3. The van der Waals surface area contributed by atoms with Crippen LogP contribution >= 0.6 is 0 Å². The van der Waals surface area contributed by atoms with Gasteiger partial charge in [-0.3, -0.25) is 4.99 Å². The van der Waals surface area contributed by atoms with Gasteiger partial charge in [0, 0.05) is 38.8 Å². The van der Waals surface area contributed by atoms with Crippen LogP contribution in [0, 0.1) is 5.82 Å². The SMILES string of the molecule is CN=C(NCCc1ccc(F)cc1)NCC1(c2ccc(OC)cc2)CCOCC1. The highest BCUT2D eigenvalue weighted by molar-refractivity contribution is 5.79. The van der Waals surface area contributed by atoms with Gasteiger partial charge >= 0.3 is 0 Å². The Morgan fingerprint density at radius 1 is 1.07 bits per heavy atom. The van der Waals surface area contributed by atoms with E-state index in [2.05, 4.69) is 27.8 Å². The molecule has 0 aromatic heterocycles. The lowest BCUT2D eigenvalue weighted by molar-refractivity contribution is 0.0513. The topological polar surface area (TPSA) is 54.9 Å². The van der Waals surface area contributed by atoms with Crippen molar-refractivity contribution in [2.75, 3.05) is 40.5 Å². The summed E-state index contributed by atoms with van der Waals surface area (Å²) in [4.78, 5) is 4.35. The molecule has 1 saturated heterocycles. The number of benzene rings is 2. The van der Waals surface area contributed by atoms with Gasteiger partial charge in [-0.2, -0.15) is 0 Å². The number of aliphatic imine (C=N–C) groups is 1. The molecular weight excluding hydrogens is 369 g/mol. The van der Waals surface area contributed by atoms with E-state index in [0.29, 0.717) is 0 Å². The van der Waals surface area contributed by atoms with Crippen LogP contribution in [0.4, 0.5) is 4.39 Å². The molecule has 0 bridgehead atoms. The first-order valence-electron chi connectivity index (χ1n) is 10.1. The lowest BCUT2D eigenvalue weighted by atomic mass is 9.74. The summed E-state index contributed by atoms with van der Waals surface area (Å²) in [5.41, 5.74) is 2.38. The minimum Gasteiger partial charge on any atom is -0.497 e. The first kappa shape index (κ1) is 21.1. The maximum absolute atomic E-state index is 13.0. The number of nitrogens with zero attached hydrogens (tertiary/aromatic N) is 1. The minimum atomic E-state index is -0.209. The Kier molecular flexibility index (Phi) is 7.47. The molecule has 0 amide bonds. The molecule has 0 unspecified atom stereocenters. The molecule has 2 aromatic carbocycles. The van der Waals surface area contributed by atoms with Crippen LogP contribution in [-0.4, -0.2) is 46.4 Å². The van der Waals surface area contributed by atoms with E-state index in [9.17, 15) is 4.39 Å². The Labute approximate surface area is 172 Å². The number of guanidine groups is 1. The van der Waals surface area contributed by atoms with Crippen molar-refractivity contribution < 1.29 is 13.9 Å². The summed E-state index contributed by atoms with van der Waals surface area (Å²) < 4.78 is 24.0. The maximum atomic E-state index is 13.0. The quantitative estimate of drug-likeness (QED) is 0.554. The van der Waals surface area contributed by atoms with Gasteiger partial charge in [0.1, 0.15) is 11.6 Å². The molecule has 1 fully saturated rings. The van der Waals surface area contributed by atoms with Gasteiger partial charge in [-0.15, -0.1) is 0 Å². The van der Waals surface area contributed by atoms with E-state index >= 15 is 0 Å². The van der Waals surface area contributed by atoms with E-state index in [0.717, 1.165) is 62.8 Å². The first-order chi connectivity index (χ1) is 14.1. The summed E-state index contributed by atoms with van der Waals surface area (Å²) in [5, 5.41) is 6.85. The van der Waals surface area contributed by atoms with Crippen LogP contribution in [0.25, 0.3) is 0 Å². The van der Waals surface area contributed by atoms with Crippen LogP contribution in [0.3, 0.4) is 0 Å². The summed E-state index contributed by atoms with van der Waals surface area (Å²) in [7, 11) is 3.46. The molecule has 1 heterocycles. The molecule has 6 heteroatoms. The maximum Gasteiger partial charge on any atom is 0.191 e. The van der Waals surface area contributed by atoms with Crippen LogP contribution in [-0.2, 0) is 16.6 Å². The second-order valence-electron chi connectivity index (χ2n) is 7.35. The zero-order valence-electron chi connectivity index (χ0n) is 17.2. The molecule has 29 heavy (non-hydrogen) atoms. The van der Waals surface area contributed by atoms with Crippen molar-refractivity contribution in [1.82, 2.24) is 10.6 Å². The molecule has 0 saturated carbocycles. The third-order valence-electron chi connectivity index (χ3n) is 5.59.